The molecule has 2 aromatic rings. The summed E-state index contributed by atoms with van der Waals surface area (Å²) in [7, 11) is 1.55. The van der Waals surface area contributed by atoms with E-state index in [4.69, 9.17) is 4.74 Å². The average Bonchev–Trinajstić information content (AvgIpc) is 2.36. The first-order chi connectivity index (χ1) is 9.01. The fourth-order valence-electron chi connectivity index (χ4n) is 1.66. The van der Waals surface area contributed by atoms with Crippen LogP contribution in [-0.2, 0) is 4.79 Å². The van der Waals surface area contributed by atoms with E-state index >= 15 is 0 Å². The first-order valence-corrected chi connectivity index (χ1v) is 5.65. The summed E-state index contributed by atoms with van der Waals surface area (Å²) in [5.41, 5.74) is 1.25. The van der Waals surface area contributed by atoms with Gasteiger partial charge >= 0.3 is 0 Å². The number of anilines is 1. The lowest BCUT2D eigenvalue weighted by molar-refractivity contribution is -0.114. The van der Waals surface area contributed by atoms with Gasteiger partial charge < -0.3 is 10.1 Å². The van der Waals surface area contributed by atoms with Crippen molar-refractivity contribution in [3.63, 3.8) is 0 Å². The average molecular weight is 259 g/mol. The number of carbonyl (C=O) groups excluding carboxylic acids is 2. The monoisotopic (exact) mass is 259 g/mol. The van der Waals surface area contributed by atoms with E-state index in [9.17, 15) is 9.59 Å². The molecule has 1 heterocycles. The molecule has 0 spiro atoms. The molecular formula is C13H13N3O3. The SMILES string of the molecule is COc1ccc2nc(NC(C)=O)c(C(C)=O)nc2c1. The molecule has 2 rings (SSSR count). The predicted octanol–water partition coefficient (Wildman–Crippen LogP) is 1.80. The number of Topliss-reactive ketones (excluding diaryl/α,β-unsaturated/α-hetero) is 1. The van der Waals surface area contributed by atoms with Crippen LogP contribution in [0.4, 0.5) is 5.82 Å². The van der Waals surface area contributed by atoms with Gasteiger partial charge in [-0.3, -0.25) is 9.59 Å². The van der Waals surface area contributed by atoms with Crippen molar-refractivity contribution in [2.24, 2.45) is 0 Å². The number of ether oxygens (including phenoxy) is 1. The Kier molecular flexibility index (Phi) is 3.41. The van der Waals surface area contributed by atoms with Crippen LogP contribution in [-0.4, -0.2) is 28.8 Å². The van der Waals surface area contributed by atoms with Crippen molar-refractivity contribution in [3.8, 4) is 5.75 Å². The van der Waals surface area contributed by atoms with Gasteiger partial charge in [-0.1, -0.05) is 0 Å². The van der Waals surface area contributed by atoms with E-state index in [0.717, 1.165) is 0 Å². The Morgan fingerprint density at radius 1 is 1.16 bits per heavy atom. The fourth-order valence-corrected chi connectivity index (χ4v) is 1.66. The van der Waals surface area contributed by atoms with E-state index in [2.05, 4.69) is 15.3 Å². The topological polar surface area (TPSA) is 81.2 Å². The molecule has 0 aliphatic rings. The number of methoxy groups -OCH3 is 1. The fraction of sp³-hybridized carbons (Fsp3) is 0.231. The van der Waals surface area contributed by atoms with E-state index in [1.165, 1.54) is 13.8 Å². The zero-order chi connectivity index (χ0) is 14.0. The number of carbonyl (C=O) groups is 2. The summed E-state index contributed by atoms with van der Waals surface area (Å²) in [4.78, 5) is 31.1. The highest BCUT2D eigenvalue weighted by Crippen LogP contribution is 2.21. The summed E-state index contributed by atoms with van der Waals surface area (Å²) >= 11 is 0. The van der Waals surface area contributed by atoms with Crippen molar-refractivity contribution in [1.29, 1.82) is 0 Å². The Labute approximate surface area is 109 Å². The maximum Gasteiger partial charge on any atom is 0.222 e. The van der Waals surface area contributed by atoms with Crippen molar-refractivity contribution in [1.82, 2.24) is 9.97 Å². The molecule has 0 bridgehead atoms. The van der Waals surface area contributed by atoms with Gasteiger partial charge in [0.1, 0.15) is 11.4 Å². The summed E-state index contributed by atoms with van der Waals surface area (Å²) < 4.78 is 5.09. The molecule has 0 unspecified atom stereocenters. The standard InChI is InChI=1S/C13H13N3O3/c1-7(17)12-13(14-8(2)18)16-10-5-4-9(19-3)6-11(10)15-12/h4-6H,1-3H3,(H,14,16,18). The molecule has 0 aliphatic carbocycles. The van der Waals surface area contributed by atoms with Gasteiger partial charge in [-0.25, -0.2) is 9.97 Å². The second kappa shape index (κ2) is 5.01. The van der Waals surface area contributed by atoms with E-state index in [1.54, 1.807) is 25.3 Å². The lowest BCUT2D eigenvalue weighted by atomic mass is 10.2. The van der Waals surface area contributed by atoms with Crippen LogP contribution < -0.4 is 10.1 Å². The molecule has 1 aromatic heterocycles. The summed E-state index contributed by atoms with van der Waals surface area (Å²) in [6.07, 6.45) is 0. The number of benzene rings is 1. The van der Waals surface area contributed by atoms with Crippen molar-refractivity contribution in [3.05, 3.63) is 23.9 Å². The van der Waals surface area contributed by atoms with Gasteiger partial charge in [-0.15, -0.1) is 0 Å². The lowest BCUT2D eigenvalue weighted by Gasteiger charge is -2.08. The first kappa shape index (κ1) is 12.9. The van der Waals surface area contributed by atoms with E-state index in [0.29, 0.717) is 16.8 Å². The maximum absolute atomic E-state index is 11.6. The van der Waals surface area contributed by atoms with Crippen LogP contribution in [0.25, 0.3) is 11.0 Å². The number of amides is 1. The number of hydrogen-bond donors (Lipinski definition) is 1. The third-order valence-electron chi connectivity index (χ3n) is 2.50. The minimum Gasteiger partial charge on any atom is -0.497 e. The van der Waals surface area contributed by atoms with E-state index in [-0.39, 0.29) is 23.2 Å². The molecule has 0 saturated heterocycles. The predicted molar refractivity (Wildman–Crippen MR) is 70.4 cm³/mol. The van der Waals surface area contributed by atoms with Gasteiger partial charge in [0, 0.05) is 19.9 Å². The van der Waals surface area contributed by atoms with Gasteiger partial charge in [0.15, 0.2) is 11.6 Å². The van der Waals surface area contributed by atoms with Gasteiger partial charge in [0.05, 0.1) is 18.1 Å². The van der Waals surface area contributed by atoms with Crippen molar-refractivity contribution in [2.45, 2.75) is 13.8 Å². The highest BCUT2D eigenvalue weighted by molar-refractivity contribution is 6.02. The second-order valence-corrected chi connectivity index (χ2v) is 4.01. The first-order valence-electron chi connectivity index (χ1n) is 5.65. The smallest absolute Gasteiger partial charge is 0.222 e. The van der Waals surface area contributed by atoms with Crippen LogP contribution >= 0.6 is 0 Å². The van der Waals surface area contributed by atoms with Gasteiger partial charge in [-0.05, 0) is 12.1 Å². The van der Waals surface area contributed by atoms with Crippen LogP contribution in [0.2, 0.25) is 0 Å². The quantitative estimate of drug-likeness (QED) is 0.850. The molecule has 0 fully saturated rings. The van der Waals surface area contributed by atoms with Crippen LogP contribution in [0.3, 0.4) is 0 Å². The summed E-state index contributed by atoms with van der Waals surface area (Å²) in [5.74, 6) is 0.242. The summed E-state index contributed by atoms with van der Waals surface area (Å²) in [6.45, 7) is 2.73. The number of ketones is 1. The lowest BCUT2D eigenvalue weighted by Crippen LogP contribution is -2.13. The largest absolute Gasteiger partial charge is 0.497 e. The molecule has 1 aromatic carbocycles. The zero-order valence-corrected chi connectivity index (χ0v) is 10.9. The zero-order valence-electron chi connectivity index (χ0n) is 10.9. The van der Waals surface area contributed by atoms with Crippen LogP contribution in [0.15, 0.2) is 18.2 Å². The minimum atomic E-state index is -0.301. The minimum absolute atomic E-state index is 0.135. The Bertz CT molecular complexity index is 667. The van der Waals surface area contributed by atoms with Gasteiger partial charge in [0.2, 0.25) is 5.91 Å². The van der Waals surface area contributed by atoms with Crippen LogP contribution in [0.5, 0.6) is 5.75 Å². The molecule has 0 aliphatic heterocycles. The van der Waals surface area contributed by atoms with Gasteiger partial charge in [-0.2, -0.15) is 0 Å². The number of aromatic nitrogens is 2. The van der Waals surface area contributed by atoms with Crippen molar-refractivity contribution in [2.75, 3.05) is 12.4 Å². The number of rotatable bonds is 3. The molecule has 1 N–H and O–H groups in total. The summed E-state index contributed by atoms with van der Waals surface area (Å²) in [5, 5.41) is 2.51. The van der Waals surface area contributed by atoms with Crippen LogP contribution in [0, 0.1) is 0 Å². The number of nitrogens with one attached hydrogen (secondary N) is 1. The number of nitrogens with zero attached hydrogens (tertiary/aromatic N) is 2. The number of hydrogen-bond acceptors (Lipinski definition) is 5. The van der Waals surface area contributed by atoms with E-state index < -0.39 is 0 Å². The molecule has 6 heteroatoms. The normalized spacial score (nSPS) is 10.3. The second-order valence-electron chi connectivity index (χ2n) is 4.01. The van der Waals surface area contributed by atoms with Crippen LogP contribution in [0.1, 0.15) is 24.3 Å². The molecule has 98 valence electrons. The van der Waals surface area contributed by atoms with Crippen molar-refractivity contribution < 1.29 is 14.3 Å². The molecule has 0 atom stereocenters. The molecule has 0 radical (unpaired) electrons. The molecule has 6 nitrogen and oxygen atoms in total. The Hall–Kier alpha value is -2.50. The third-order valence-corrected chi connectivity index (χ3v) is 2.50. The Morgan fingerprint density at radius 3 is 2.47 bits per heavy atom. The Balaban J connectivity index is 2.64. The van der Waals surface area contributed by atoms with E-state index in [1.807, 2.05) is 0 Å². The molecule has 1 amide bonds. The van der Waals surface area contributed by atoms with Crippen molar-refractivity contribution >= 4 is 28.5 Å². The highest BCUT2D eigenvalue weighted by atomic mass is 16.5. The summed E-state index contributed by atoms with van der Waals surface area (Å²) in [6, 6.07) is 5.14. The maximum atomic E-state index is 11.6. The van der Waals surface area contributed by atoms with Gasteiger partial charge in [0.25, 0.3) is 0 Å². The highest BCUT2D eigenvalue weighted by Gasteiger charge is 2.14. The molecule has 0 saturated carbocycles. The number of fused-ring (bicyclic) bond motifs is 1. The molecule has 19 heavy (non-hydrogen) atoms. The molecular weight excluding hydrogens is 246 g/mol. The Morgan fingerprint density at radius 2 is 1.89 bits per heavy atom. The third kappa shape index (κ3) is 2.67.